The normalized spacial score (nSPS) is 23.9. The molecule has 0 amide bonds. The van der Waals surface area contributed by atoms with Crippen molar-refractivity contribution in [3.05, 3.63) is 0 Å². The molecule has 2 aliphatic rings. The summed E-state index contributed by atoms with van der Waals surface area (Å²) in [4.78, 5) is 0. The minimum absolute atomic E-state index is 0.265. The van der Waals surface area contributed by atoms with E-state index in [9.17, 15) is 8.42 Å². The van der Waals surface area contributed by atoms with E-state index in [1.807, 2.05) is 0 Å². The van der Waals surface area contributed by atoms with E-state index in [0.717, 1.165) is 43.9 Å². The third-order valence-electron chi connectivity index (χ3n) is 3.45. The highest BCUT2D eigenvalue weighted by Crippen LogP contribution is 2.31. The van der Waals surface area contributed by atoms with E-state index < -0.39 is 10.2 Å². The third kappa shape index (κ3) is 3.43. The number of hydrogen-bond acceptors (Lipinski definition) is 2. The van der Waals surface area contributed by atoms with Crippen LogP contribution < -0.4 is 0 Å². The Morgan fingerprint density at radius 2 is 1.71 bits per heavy atom. The zero-order chi connectivity index (χ0) is 12.3. The Kier molecular flexibility index (Phi) is 4.86. The summed E-state index contributed by atoms with van der Waals surface area (Å²) in [5.41, 5.74) is 0. The second-order valence-electron chi connectivity index (χ2n) is 4.85. The zero-order valence-corrected chi connectivity index (χ0v) is 12.5. The molecule has 0 aromatic rings. The fourth-order valence-corrected chi connectivity index (χ4v) is 4.90. The van der Waals surface area contributed by atoms with Gasteiger partial charge in [-0.25, -0.2) is 0 Å². The Morgan fingerprint density at radius 3 is 2.18 bits per heavy atom. The molecule has 0 unspecified atom stereocenters. The molecule has 17 heavy (non-hydrogen) atoms. The van der Waals surface area contributed by atoms with Crippen molar-refractivity contribution < 1.29 is 8.42 Å². The van der Waals surface area contributed by atoms with Gasteiger partial charge in [-0.2, -0.15) is 17.0 Å². The summed E-state index contributed by atoms with van der Waals surface area (Å²) in [6.07, 6.45) is 6.39. The maximum absolute atomic E-state index is 12.5. The lowest BCUT2D eigenvalue weighted by Gasteiger charge is -2.28. The molecule has 1 heterocycles. The summed E-state index contributed by atoms with van der Waals surface area (Å²) in [6, 6.07) is 0.265. The van der Waals surface area contributed by atoms with Gasteiger partial charge in [-0.15, -0.1) is 0 Å². The first-order chi connectivity index (χ1) is 8.16. The fraction of sp³-hybridized carbons (Fsp3) is 1.00. The number of rotatable bonds is 5. The van der Waals surface area contributed by atoms with Crippen molar-refractivity contribution in [2.24, 2.45) is 0 Å². The van der Waals surface area contributed by atoms with Gasteiger partial charge < -0.3 is 0 Å². The molecule has 0 bridgehead atoms. The first-order valence-corrected chi connectivity index (χ1v) is 9.01. The summed E-state index contributed by atoms with van der Waals surface area (Å²) in [7, 11) is -3.21. The highest BCUT2D eigenvalue weighted by atomic mass is 79.9. The number of hydrogen-bond donors (Lipinski definition) is 0. The smallest absolute Gasteiger partial charge is 0.195 e. The van der Waals surface area contributed by atoms with Crippen LogP contribution in [0.3, 0.4) is 0 Å². The Balaban J connectivity index is 2.08. The topological polar surface area (TPSA) is 40.6 Å². The first-order valence-electron chi connectivity index (χ1n) is 6.49. The molecule has 4 nitrogen and oxygen atoms in total. The van der Waals surface area contributed by atoms with Gasteiger partial charge in [-0.3, -0.25) is 0 Å². The minimum atomic E-state index is -3.21. The molecule has 0 radical (unpaired) electrons. The van der Waals surface area contributed by atoms with Gasteiger partial charge in [0.15, 0.2) is 0 Å². The predicted molar refractivity (Wildman–Crippen MR) is 72.5 cm³/mol. The van der Waals surface area contributed by atoms with Crippen LogP contribution in [-0.4, -0.2) is 48.0 Å². The van der Waals surface area contributed by atoms with Crippen LogP contribution in [-0.2, 0) is 10.2 Å². The van der Waals surface area contributed by atoms with E-state index in [1.165, 1.54) is 0 Å². The Labute approximate surface area is 113 Å². The highest BCUT2D eigenvalue weighted by Gasteiger charge is 2.39. The van der Waals surface area contributed by atoms with Gasteiger partial charge in [0.2, 0.25) is 0 Å². The molecular formula is C11H21BrN2O2S. The maximum atomic E-state index is 12.5. The van der Waals surface area contributed by atoms with Crippen molar-refractivity contribution in [3.8, 4) is 0 Å². The van der Waals surface area contributed by atoms with E-state index in [1.54, 1.807) is 8.61 Å². The number of alkyl halides is 1. The second-order valence-corrected chi connectivity index (χ2v) is 7.53. The summed E-state index contributed by atoms with van der Waals surface area (Å²) in [5, 5.41) is 0.719. The maximum Gasteiger partial charge on any atom is 0.282 e. The average Bonchev–Trinajstić information content (AvgIpc) is 3.11. The molecule has 1 saturated carbocycles. The van der Waals surface area contributed by atoms with Gasteiger partial charge in [0.25, 0.3) is 10.2 Å². The lowest BCUT2D eigenvalue weighted by Crippen LogP contribution is -2.46. The van der Waals surface area contributed by atoms with E-state index in [4.69, 9.17) is 0 Å². The summed E-state index contributed by atoms with van der Waals surface area (Å²) < 4.78 is 28.5. The van der Waals surface area contributed by atoms with Crippen LogP contribution in [0.4, 0.5) is 0 Å². The van der Waals surface area contributed by atoms with Gasteiger partial charge in [0.05, 0.1) is 0 Å². The lowest BCUT2D eigenvalue weighted by atomic mass is 10.2. The van der Waals surface area contributed by atoms with Gasteiger partial charge in [-0.05, 0) is 25.7 Å². The fourth-order valence-electron chi connectivity index (χ4n) is 2.35. The van der Waals surface area contributed by atoms with Crippen LogP contribution in [0, 0.1) is 0 Å². The second kappa shape index (κ2) is 5.99. The Morgan fingerprint density at radius 1 is 1.12 bits per heavy atom. The predicted octanol–water partition coefficient (Wildman–Crippen LogP) is 1.97. The van der Waals surface area contributed by atoms with Crippen LogP contribution in [0.2, 0.25) is 0 Å². The number of halogens is 1. The van der Waals surface area contributed by atoms with E-state index in [0.29, 0.717) is 19.6 Å². The van der Waals surface area contributed by atoms with Crippen LogP contribution in [0.5, 0.6) is 0 Å². The van der Waals surface area contributed by atoms with E-state index in [-0.39, 0.29) is 6.04 Å². The molecule has 1 aliphatic heterocycles. The lowest BCUT2D eigenvalue weighted by molar-refractivity contribution is 0.344. The van der Waals surface area contributed by atoms with Crippen molar-refractivity contribution in [2.75, 3.05) is 25.0 Å². The van der Waals surface area contributed by atoms with E-state index >= 15 is 0 Å². The summed E-state index contributed by atoms with van der Waals surface area (Å²) in [5.74, 6) is 0. The molecule has 6 heteroatoms. The van der Waals surface area contributed by atoms with Crippen molar-refractivity contribution in [3.63, 3.8) is 0 Å². The van der Waals surface area contributed by atoms with E-state index in [2.05, 4.69) is 15.9 Å². The van der Waals surface area contributed by atoms with Crippen LogP contribution in [0.15, 0.2) is 0 Å². The largest absolute Gasteiger partial charge is 0.282 e. The summed E-state index contributed by atoms with van der Waals surface area (Å²) >= 11 is 3.35. The third-order valence-corrected chi connectivity index (χ3v) is 5.89. The molecule has 100 valence electrons. The van der Waals surface area contributed by atoms with Gasteiger partial charge in [0.1, 0.15) is 0 Å². The molecule has 0 aromatic carbocycles. The molecule has 1 aliphatic carbocycles. The standard InChI is InChI=1S/C11H21BrN2O2S/c12-7-10-14(11-5-6-11)17(15,16)13-8-3-1-2-4-9-13/h11H,1-10H2. The molecule has 0 aromatic heterocycles. The van der Waals surface area contributed by atoms with Crippen LogP contribution >= 0.6 is 15.9 Å². The molecule has 0 atom stereocenters. The van der Waals surface area contributed by atoms with Crippen molar-refractivity contribution in [1.82, 2.24) is 8.61 Å². The van der Waals surface area contributed by atoms with Gasteiger partial charge >= 0.3 is 0 Å². The van der Waals surface area contributed by atoms with Crippen LogP contribution in [0.25, 0.3) is 0 Å². The van der Waals surface area contributed by atoms with Crippen molar-refractivity contribution in [1.29, 1.82) is 0 Å². The quantitative estimate of drug-likeness (QED) is 0.725. The van der Waals surface area contributed by atoms with Crippen molar-refractivity contribution in [2.45, 2.75) is 44.6 Å². The molecule has 2 fully saturated rings. The van der Waals surface area contributed by atoms with Crippen molar-refractivity contribution >= 4 is 26.1 Å². The molecule has 1 saturated heterocycles. The first kappa shape index (κ1) is 13.8. The number of nitrogens with zero attached hydrogens (tertiary/aromatic N) is 2. The monoisotopic (exact) mass is 324 g/mol. The average molecular weight is 325 g/mol. The highest BCUT2D eigenvalue weighted by molar-refractivity contribution is 9.09. The van der Waals surface area contributed by atoms with Crippen LogP contribution in [0.1, 0.15) is 38.5 Å². The summed E-state index contributed by atoms with van der Waals surface area (Å²) in [6.45, 7) is 2.01. The zero-order valence-electron chi connectivity index (χ0n) is 10.1. The Hall–Kier alpha value is 0.350. The minimum Gasteiger partial charge on any atom is -0.195 e. The van der Waals surface area contributed by atoms with Gasteiger partial charge in [0, 0.05) is 31.0 Å². The van der Waals surface area contributed by atoms with Gasteiger partial charge in [-0.1, -0.05) is 28.8 Å². The molecule has 0 N–H and O–H groups in total. The molecule has 2 rings (SSSR count). The molecule has 0 spiro atoms. The molecular weight excluding hydrogens is 304 g/mol. The SMILES string of the molecule is O=S(=O)(N1CCCCCC1)N(CCBr)C1CC1. The Bertz CT molecular complexity index is 335.